The molecule has 1 aromatic heterocycles. The number of fused-ring (bicyclic) bond motifs is 1. The Hall–Kier alpha value is -4.43. The van der Waals surface area contributed by atoms with Gasteiger partial charge in [0.1, 0.15) is 11.5 Å². The Bertz CT molecular complexity index is 1670. The summed E-state index contributed by atoms with van der Waals surface area (Å²) in [6.45, 7) is 1.80. The summed E-state index contributed by atoms with van der Waals surface area (Å²) in [5, 5.41) is 2.96. The Morgan fingerprint density at radius 1 is 0.973 bits per heavy atom. The van der Waals surface area contributed by atoms with Crippen molar-refractivity contribution >= 4 is 29.0 Å². The molecule has 0 bridgehead atoms. The van der Waals surface area contributed by atoms with E-state index in [9.17, 15) is 9.59 Å². The largest absolute Gasteiger partial charge is 0.497 e. The fraction of sp³-hybridized carbons (Fsp3) is 0.138. The van der Waals surface area contributed by atoms with Gasteiger partial charge in [0, 0.05) is 5.69 Å². The molecule has 0 aliphatic carbocycles. The number of hydrogen-bond donors (Lipinski definition) is 1. The van der Waals surface area contributed by atoms with Crippen LogP contribution in [-0.2, 0) is 4.79 Å². The number of rotatable bonds is 6. The first-order valence-corrected chi connectivity index (χ1v) is 12.5. The monoisotopic (exact) mass is 511 g/mol. The Balaban J connectivity index is 1.67. The van der Waals surface area contributed by atoms with Crippen molar-refractivity contribution in [2.75, 3.05) is 19.5 Å². The number of ether oxygens (including phenoxy) is 2. The van der Waals surface area contributed by atoms with Crippen molar-refractivity contribution in [3.63, 3.8) is 0 Å². The van der Waals surface area contributed by atoms with Crippen LogP contribution in [0, 0.1) is 0 Å². The van der Waals surface area contributed by atoms with Gasteiger partial charge in [0.25, 0.3) is 11.5 Å². The number of aromatic nitrogens is 1. The van der Waals surface area contributed by atoms with Gasteiger partial charge in [0.05, 0.1) is 36.1 Å². The van der Waals surface area contributed by atoms with E-state index in [1.165, 1.54) is 11.3 Å². The highest BCUT2D eigenvalue weighted by molar-refractivity contribution is 7.07. The fourth-order valence-electron chi connectivity index (χ4n) is 4.32. The van der Waals surface area contributed by atoms with Gasteiger partial charge in [-0.3, -0.25) is 14.2 Å². The Labute approximate surface area is 217 Å². The summed E-state index contributed by atoms with van der Waals surface area (Å²) >= 11 is 1.29. The lowest BCUT2D eigenvalue weighted by Crippen LogP contribution is -2.40. The minimum Gasteiger partial charge on any atom is -0.497 e. The number of nitrogens with one attached hydrogen (secondary N) is 1. The van der Waals surface area contributed by atoms with E-state index in [-0.39, 0.29) is 11.5 Å². The molecule has 1 N–H and O–H groups in total. The molecule has 0 fully saturated rings. The van der Waals surface area contributed by atoms with Crippen molar-refractivity contribution < 1.29 is 14.3 Å². The Kier molecular flexibility index (Phi) is 6.74. The van der Waals surface area contributed by atoms with Crippen molar-refractivity contribution in [1.82, 2.24) is 4.57 Å². The first-order valence-electron chi connectivity index (χ1n) is 11.7. The summed E-state index contributed by atoms with van der Waals surface area (Å²) in [7, 11) is 3.20. The number of thiazole rings is 1. The van der Waals surface area contributed by atoms with Crippen LogP contribution in [0.25, 0.3) is 6.08 Å². The summed E-state index contributed by atoms with van der Waals surface area (Å²) in [6, 6.07) is 23.5. The average Bonchev–Trinajstić information content (AvgIpc) is 3.22. The van der Waals surface area contributed by atoms with E-state index in [0.29, 0.717) is 37.8 Å². The van der Waals surface area contributed by atoms with Gasteiger partial charge in [0.15, 0.2) is 4.80 Å². The standard InChI is InChI=1S/C29H25N3O4S/c1-18-25(27(33)31-21-9-5-4-6-10-21)26(20-12-14-22(35-2)15-13-20)32-28(34)24(37-29(32)30-18)17-19-8-7-11-23(16-19)36-3/h4-17,26H,1-3H3,(H,31,33)/b24-17-. The van der Waals surface area contributed by atoms with Crippen LogP contribution in [0.5, 0.6) is 11.5 Å². The van der Waals surface area contributed by atoms with Gasteiger partial charge < -0.3 is 14.8 Å². The maximum atomic E-state index is 13.8. The SMILES string of the molecule is COc1ccc(C2C(C(=O)Nc3ccccc3)=C(C)N=c3s/c(=C\c4cccc(OC)c4)c(=O)n32)cc1. The van der Waals surface area contributed by atoms with Crippen molar-refractivity contribution in [1.29, 1.82) is 0 Å². The molecule has 8 heteroatoms. The van der Waals surface area contributed by atoms with Gasteiger partial charge in [-0.05, 0) is 60.5 Å². The van der Waals surface area contributed by atoms with Gasteiger partial charge in [-0.2, -0.15) is 0 Å². The molecule has 1 amide bonds. The van der Waals surface area contributed by atoms with Crippen molar-refractivity contribution in [3.8, 4) is 11.5 Å². The summed E-state index contributed by atoms with van der Waals surface area (Å²) in [4.78, 5) is 32.6. The van der Waals surface area contributed by atoms with E-state index in [0.717, 1.165) is 11.1 Å². The molecule has 2 heterocycles. The minimum atomic E-state index is -0.654. The highest BCUT2D eigenvalue weighted by Gasteiger charge is 2.32. The first-order chi connectivity index (χ1) is 18.0. The number of methoxy groups -OCH3 is 2. The molecule has 7 nitrogen and oxygen atoms in total. The highest BCUT2D eigenvalue weighted by Crippen LogP contribution is 2.31. The van der Waals surface area contributed by atoms with Gasteiger partial charge in [-0.25, -0.2) is 4.99 Å². The fourth-order valence-corrected chi connectivity index (χ4v) is 5.36. The predicted octanol–water partition coefficient (Wildman–Crippen LogP) is 3.89. The molecular weight excluding hydrogens is 486 g/mol. The van der Waals surface area contributed by atoms with E-state index in [1.54, 1.807) is 25.7 Å². The molecule has 37 heavy (non-hydrogen) atoms. The molecule has 5 rings (SSSR count). The van der Waals surface area contributed by atoms with E-state index >= 15 is 0 Å². The second-order valence-electron chi connectivity index (χ2n) is 8.45. The number of allylic oxidation sites excluding steroid dienone is 1. The van der Waals surface area contributed by atoms with Gasteiger partial charge in [-0.15, -0.1) is 0 Å². The zero-order valence-electron chi connectivity index (χ0n) is 20.6. The lowest BCUT2D eigenvalue weighted by Gasteiger charge is -2.25. The molecule has 0 spiro atoms. The number of amides is 1. The van der Waals surface area contributed by atoms with Crippen LogP contribution in [-0.4, -0.2) is 24.7 Å². The molecule has 0 saturated heterocycles. The topological polar surface area (TPSA) is 81.9 Å². The third-order valence-corrected chi connectivity index (χ3v) is 7.10. The van der Waals surface area contributed by atoms with Crippen molar-refractivity contribution in [2.45, 2.75) is 13.0 Å². The summed E-state index contributed by atoms with van der Waals surface area (Å²) < 4.78 is 12.8. The summed E-state index contributed by atoms with van der Waals surface area (Å²) in [6.07, 6.45) is 1.82. The average molecular weight is 512 g/mol. The number of para-hydroxylation sites is 1. The van der Waals surface area contributed by atoms with Gasteiger partial charge >= 0.3 is 0 Å². The first kappa shape index (κ1) is 24.3. The number of carbonyl (C=O) groups is 1. The smallest absolute Gasteiger partial charge is 0.271 e. The van der Waals surface area contributed by atoms with Gasteiger partial charge in [0.2, 0.25) is 0 Å². The third-order valence-electron chi connectivity index (χ3n) is 6.12. The van der Waals surface area contributed by atoms with Crippen LogP contribution in [0.15, 0.2) is 99.9 Å². The molecule has 1 unspecified atom stereocenters. The lowest BCUT2D eigenvalue weighted by molar-refractivity contribution is -0.113. The number of benzene rings is 3. The van der Waals surface area contributed by atoms with E-state index in [4.69, 9.17) is 9.47 Å². The molecule has 1 atom stereocenters. The normalized spacial score (nSPS) is 15.1. The van der Waals surface area contributed by atoms with Crippen LogP contribution in [0.1, 0.15) is 24.1 Å². The Morgan fingerprint density at radius 3 is 2.41 bits per heavy atom. The van der Waals surface area contributed by atoms with Crippen molar-refractivity contribution in [3.05, 3.63) is 121 Å². The third kappa shape index (κ3) is 4.83. The molecule has 1 aliphatic rings. The zero-order chi connectivity index (χ0) is 25.9. The van der Waals surface area contributed by atoms with Crippen LogP contribution >= 0.6 is 11.3 Å². The zero-order valence-corrected chi connectivity index (χ0v) is 21.4. The van der Waals surface area contributed by atoms with E-state index in [2.05, 4.69) is 10.3 Å². The maximum absolute atomic E-state index is 13.8. The summed E-state index contributed by atoms with van der Waals surface area (Å²) in [5.41, 5.74) is 3.03. The molecule has 3 aromatic carbocycles. The molecule has 4 aromatic rings. The van der Waals surface area contributed by atoms with Crippen LogP contribution in [0.2, 0.25) is 0 Å². The lowest BCUT2D eigenvalue weighted by atomic mass is 9.95. The Morgan fingerprint density at radius 2 is 1.70 bits per heavy atom. The molecule has 0 radical (unpaired) electrons. The predicted molar refractivity (Wildman–Crippen MR) is 145 cm³/mol. The van der Waals surface area contributed by atoms with Gasteiger partial charge in [-0.1, -0.05) is 53.8 Å². The van der Waals surface area contributed by atoms with Crippen LogP contribution in [0.4, 0.5) is 5.69 Å². The minimum absolute atomic E-state index is 0.218. The highest BCUT2D eigenvalue weighted by atomic mass is 32.1. The van der Waals surface area contributed by atoms with Crippen LogP contribution < -0.4 is 29.7 Å². The second-order valence-corrected chi connectivity index (χ2v) is 9.46. The second kappa shape index (κ2) is 10.3. The maximum Gasteiger partial charge on any atom is 0.271 e. The van der Waals surface area contributed by atoms with E-state index < -0.39 is 6.04 Å². The number of hydrogen-bond acceptors (Lipinski definition) is 6. The van der Waals surface area contributed by atoms with E-state index in [1.807, 2.05) is 84.9 Å². The quantitative estimate of drug-likeness (QED) is 0.426. The molecule has 186 valence electrons. The van der Waals surface area contributed by atoms with Crippen LogP contribution in [0.3, 0.4) is 0 Å². The number of anilines is 1. The number of carbonyl (C=O) groups excluding carboxylic acids is 1. The number of nitrogens with zero attached hydrogens (tertiary/aromatic N) is 2. The molecular formula is C29H25N3O4S. The molecule has 0 saturated carbocycles. The van der Waals surface area contributed by atoms with Crippen molar-refractivity contribution in [2.24, 2.45) is 4.99 Å². The summed E-state index contributed by atoms with van der Waals surface area (Å²) in [5.74, 6) is 1.08. The molecule has 1 aliphatic heterocycles.